The van der Waals surface area contributed by atoms with Crippen molar-refractivity contribution in [3.05, 3.63) is 20.7 Å². The molecule has 0 aromatic carbocycles. The van der Waals surface area contributed by atoms with Gasteiger partial charge in [-0.1, -0.05) is 0 Å². The number of hydrogen-bond acceptors (Lipinski definition) is 4. The van der Waals surface area contributed by atoms with Crippen molar-refractivity contribution in [2.75, 3.05) is 26.2 Å². The summed E-state index contributed by atoms with van der Waals surface area (Å²) >= 11 is 4.71. The van der Waals surface area contributed by atoms with E-state index in [4.69, 9.17) is 12.2 Å². The summed E-state index contributed by atoms with van der Waals surface area (Å²) in [5.74, 6) is -0.482. The van der Waals surface area contributed by atoms with E-state index in [0.717, 1.165) is 13.0 Å². The van der Waals surface area contributed by atoms with E-state index in [1.165, 1.54) is 38.6 Å². The molecule has 1 fully saturated rings. The Hall–Kier alpha value is -1.47. The van der Waals surface area contributed by atoms with Gasteiger partial charge in [-0.15, -0.1) is 0 Å². The van der Waals surface area contributed by atoms with Crippen molar-refractivity contribution in [2.45, 2.75) is 25.7 Å². The van der Waals surface area contributed by atoms with Gasteiger partial charge in [0.25, 0.3) is 5.56 Å². The number of aliphatic imine (C=N–C) groups is 1. The summed E-state index contributed by atoms with van der Waals surface area (Å²) in [6.45, 7) is 4.25. The summed E-state index contributed by atoms with van der Waals surface area (Å²) in [6.07, 6.45) is 6.30. The first-order valence-electron chi connectivity index (χ1n) is 7.04. The van der Waals surface area contributed by atoms with Crippen molar-refractivity contribution in [2.24, 2.45) is 4.99 Å². The summed E-state index contributed by atoms with van der Waals surface area (Å²) in [5.41, 5.74) is -0.465. The summed E-state index contributed by atoms with van der Waals surface area (Å²) in [7, 11) is 0. The van der Waals surface area contributed by atoms with Gasteiger partial charge in [0.1, 0.15) is 0 Å². The summed E-state index contributed by atoms with van der Waals surface area (Å²) in [5, 5.41) is 11.5. The Bertz CT molecular complexity index is 572. The molecule has 0 radical (unpaired) electrons. The monoisotopic (exact) mass is 296 g/mol. The number of aromatic amines is 2. The van der Waals surface area contributed by atoms with E-state index in [1.807, 2.05) is 0 Å². The first kappa shape index (κ1) is 14.9. The van der Waals surface area contributed by atoms with Crippen LogP contribution in [0.25, 0.3) is 0 Å². The molecule has 0 bridgehead atoms. The molecule has 110 valence electrons. The molecule has 0 aliphatic carbocycles. The van der Waals surface area contributed by atoms with Crippen molar-refractivity contribution in [3.8, 4) is 5.88 Å². The number of quaternary nitrogens is 1. The van der Waals surface area contributed by atoms with Crippen LogP contribution in [0.5, 0.6) is 5.88 Å². The summed E-state index contributed by atoms with van der Waals surface area (Å²) < 4.78 is 0.0471. The van der Waals surface area contributed by atoms with Crippen LogP contribution in [-0.2, 0) is 0 Å². The normalized spacial score (nSPS) is 16.8. The molecular formula is C13H20N4O2S. The van der Waals surface area contributed by atoms with Crippen LogP contribution in [0, 0.1) is 4.77 Å². The molecule has 2 rings (SSSR count). The smallest absolute Gasteiger partial charge is 0.259 e. The second kappa shape index (κ2) is 7.35. The average molecular weight is 296 g/mol. The van der Waals surface area contributed by atoms with Crippen LogP contribution >= 0.6 is 12.2 Å². The Morgan fingerprint density at radius 1 is 1.30 bits per heavy atom. The SMILES string of the molecule is O=c1[nH]c(=S)[nH]c([O-])c1C=NCCC[NH+]1CCCCC1. The van der Waals surface area contributed by atoms with E-state index in [2.05, 4.69) is 15.0 Å². The highest BCUT2D eigenvalue weighted by Gasteiger charge is 2.11. The molecule has 7 heteroatoms. The highest BCUT2D eigenvalue weighted by molar-refractivity contribution is 7.71. The lowest BCUT2D eigenvalue weighted by atomic mass is 10.1. The maximum absolute atomic E-state index is 11.5. The fourth-order valence-electron chi connectivity index (χ4n) is 2.47. The van der Waals surface area contributed by atoms with Gasteiger partial charge in [0.2, 0.25) is 0 Å². The van der Waals surface area contributed by atoms with E-state index in [-0.39, 0.29) is 10.3 Å². The van der Waals surface area contributed by atoms with Gasteiger partial charge < -0.3 is 15.0 Å². The maximum atomic E-state index is 11.5. The number of rotatable bonds is 5. The number of aromatic nitrogens is 2. The van der Waals surface area contributed by atoms with Crippen LogP contribution in [0.1, 0.15) is 31.2 Å². The Balaban J connectivity index is 1.81. The van der Waals surface area contributed by atoms with Crippen LogP contribution in [0.2, 0.25) is 0 Å². The largest absolute Gasteiger partial charge is 0.860 e. The molecule has 6 nitrogen and oxygen atoms in total. The maximum Gasteiger partial charge on any atom is 0.259 e. The van der Waals surface area contributed by atoms with Crippen LogP contribution in [0.4, 0.5) is 0 Å². The van der Waals surface area contributed by atoms with E-state index in [1.54, 1.807) is 4.90 Å². The molecule has 1 aromatic heterocycles. The van der Waals surface area contributed by atoms with Crippen LogP contribution < -0.4 is 15.6 Å². The van der Waals surface area contributed by atoms with Crippen molar-refractivity contribution < 1.29 is 10.0 Å². The van der Waals surface area contributed by atoms with Crippen molar-refractivity contribution >= 4 is 18.4 Å². The molecule has 0 saturated carbocycles. The predicted octanol–water partition coefficient (Wildman–Crippen LogP) is -0.616. The van der Waals surface area contributed by atoms with E-state index in [9.17, 15) is 9.90 Å². The lowest BCUT2D eigenvalue weighted by Gasteiger charge is -2.22. The minimum atomic E-state index is -0.482. The lowest BCUT2D eigenvalue weighted by molar-refractivity contribution is -0.904. The zero-order chi connectivity index (χ0) is 14.4. The second-order valence-electron chi connectivity index (χ2n) is 5.10. The molecule has 1 aliphatic heterocycles. The molecule has 1 aliphatic rings. The third kappa shape index (κ3) is 4.28. The molecule has 1 aromatic rings. The third-order valence-electron chi connectivity index (χ3n) is 3.54. The van der Waals surface area contributed by atoms with Gasteiger partial charge in [-0.2, -0.15) is 0 Å². The molecular weight excluding hydrogens is 276 g/mol. The zero-order valence-corrected chi connectivity index (χ0v) is 12.2. The first-order chi connectivity index (χ1) is 9.66. The number of nitrogens with one attached hydrogen (secondary N) is 3. The predicted molar refractivity (Wildman–Crippen MR) is 78.2 cm³/mol. The highest BCUT2D eigenvalue weighted by Crippen LogP contribution is 1.99. The van der Waals surface area contributed by atoms with Gasteiger partial charge in [-0.3, -0.25) is 14.8 Å². The Labute approximate surface area is 122 Å². The molecule has 1 saturated heterocycles. The van der Waals surface area contributed by atoms with Gasteiger partial charge in [0, 0.05) is 19.2 Å². The Morgan fingerprint density at radius 3 is 2.75 bits per heavy atom. The van der Waals surface area contributed by atoms with Crippen LogP contribution in [-0.4, -0.2) is 42.4 Å². The molecule has 0 atom stereocenters. The quantitative estimate of drug-likeness (QED) is 0.384. The molecule has 0 amide bonds. The standard InChI is InChI=1S/C13H20N4O2S/c18-11-10(12(19)16-13(20)15-11)9-14-5-4-8-17-6-2-1-3-7-17/h9H,1-8H2,(H3,15,16,18,19,20). The van der Waals surface area contributed by atoms with Crippen molar-refractivity contribution in [3.63, 3.8) is 0 Å². The Kier molecular flexibility index (Phi) is 5.49. The van der Waals surface area contributed by atoms with Gasteiger partial charge in [-0.25, -0.2) is 0 Å². The fraction of sp³-hybridized carbons (Fsp3) is 0.615. The first-order valence-corrected chi connectivity index (χ1v) is 7.44. The molecule has 0 unspecified atom stereocenters. The lowest BCUT2D eigenvalue weighted by Crippen LogP contribution is -3.12. The molecule has 2 heterocycles. The third-order valence-corrected chi connectivity index (χ3v) is 3.75. The topological polar surface area (TPSA) is 88.5 Å². The minimum absolute atomic E-state index is 0.0175. The highest BCUT2D eigenvalue weighted by atomic mass is 32.1. The molecule has 0 spiro atoms. The van der Waals surface area contributed by atoms with E-state index in [0.29, 0.717) is 6.54 Å². The summed E-state index contributed by atoms with van der Waals surface area (Å²) in [6, 6.07) is 0. The fourth-order valence-corrected chi connectivity index (χ4v) is 2.66. The summed E-state index contributed by atoms with van der Waals surface area (Å²) in [4.78, 5) is 22.1. The average Bonchev–Trinajstić information content (AvgIpc) is 2.42. The minimum Gasteiger partial charge on any atom is -0.860 e. The number of H-pyrrole nitrogens is 2. The van der Waals surface area contributed by atoms with Crippen LogP contribution in [0.15, 0.2) is 9.79 Å². The van der Waals surface area contributed by atoms with Crippen LogP contribution in [0.3, 0.4) is 0 Å². The Morgan fingerprint density at radius 2 is 2.05 bits per heavy atom. The van der Waals surface area contributed by atoms with E-state index < -0.39 is 11.4 Å². The van der Waals surface area contributed by atoms with Gasteiger partial charge in [0.15, 0.2) is 4.77 Å². The molecule has 20 heavy (non-hydrogen) atoms. The number of piperidine rings is 1. The van der Waals surface area contributed by atoms with Gasteiger partial charge in [0.05, 0.1) is 25.2 Å². The van der Waals surface area contributed by atoms with E-state index >= 15 is 0 Å². The zero-order valence-electron chi connectivity index (χ0n) is 11.4. The number of hydrogen-bond donors (Lipinski definition) is 3. The van der Waals surface area contributed by atoms with Crippen molar-refractivity contribution in [1.82, 2.24) is 9.97 Å². The van der Waals surface area contributed by atoms with Crippen molar-refractivity contribution in [1.29, 1.82) is 0 Å². The number of likely N-dealkylation sites (tertiary alicyclic amines) is 1. The molecule has 3 N–H and O–H groups in total. The van der Waals surface area contributed by atoms with Gasteiger partial charge >= 0.3 is 0 Å². The van der Waals surface area contributed by atoms with Gasteiger partial charge in [-0.05, 0) is 37.4 Å². The second-order valence-corrected chi connectivity index (χ2v) is 5.51. The number of nitrogens with zero attached hydrogens (tertiary/aromatic N) is 1.